The summed E-state index contributed by atoms with van der Waals surface area (Å²) in [5, 5.41) is 2.93. The van der Waals surface area contributed by atoms with Crippen LogP contribution in [0.5, 0.6) is 5.75 Å². The molecular formula is C19H23FN2O2. The molecule has 4 nitrogen and oxygen atoms in total. The number of hydrogen-bond donors (Lipinski definition) is 1. The van der Waals surface area contributed by atoms with Crippen molar-refractivity contribution in [2.24, 2.45) is 0 Å². The first-order valence-electron chi connectivity index (χ1n) is 7.84. The van der Waals surface area contributed by atoms with Crippen LogP contribution in [0.25, 0.3) is 0 Å². The minimum Gasteiger partial charge on any atom is -0.497 e. The third-order valence-electron chi connectivity index (χ3n) is 3.75. The summed E-state index contributed by atoms with van der Waals surface area (Å²) in [5.41, 5.74) is 1.96. The summed E-state index contributed by atoms with van der Waals surface area (Å²) in [6.45, 7) is 2.81. The van der Waals surface area contributed by atoms with Gasteiger partial charge in [0.25, 0.3) is 0 Å². The van der Waals surface area contributed by atoms with Gasteiger partial charge in [-0.15, -0.1) is 0 Å². The average Bonchev–Trinajstić information content (AvgIpc) is 2.55. The molecule has 0 heterocycles. The van der Waals surface area contributed by atoms with E-state index in [1.807, 2.05) is 43.1 Å². The number of halogens is 1. The fraction of sp³-hybridized carbons (Fsp3) is 0.316. The minimum atomic E-state index is -0.282. The molecule has 0 aliphatic heterocycles. The first kappa shape index (κ1) is 17.9. The maximum absolute atomic E-state index is 12.9. The molecule has 1 N–H and O–H groups in total. The van der Waals surface area contributed by atoms with E-state index in [0.29, 0.717) is 6.54 Å². The maximum atomic E-state index is 12.9. The number of carbonyl (C=O) groups is 1. The van der Waals surface area contributed by atoms with Crippen LogP contribution in [0.2, 0.25) is 0 Å². The number of amides is 1. The molecular weight excluding hydrogens is 307 g/mol. The average molecular weight is 330 g/mol. The molecule has 0 aliphatic rings. The van der Waals surface area contributed by atoms with Crippen molar-refractivity contribution in [2.75, 3.05) is 20.7 Å². The van der Waals surface area contributed by atoms with Crippen molar-refractivity contribution in [1.29, 1.82) is 0 Å². The Hall–Kier alpha value is -2.40. The summed E-state index contributed by atoms with van der Waals surface area (Å²) in [6.07, 6.45) is 0. The van der Waals surface area contributed by atoms with Crippen LogP contribution in [-0.2, 0) is 11.3 Å². The molecule has 128 valence electrons. The second-order valence-corrected chi connectivity index (χ2v) is 5.86. The summed E-state index contributed by atoms with van der Waals surface area (Å²) in [5.74, 6) is 0.447. The smallest absolute Gasteiger partial charge is 0.234 e. The molecule has 0 bridgehead atoms. The van der Waals surface area contributed by atoms with Gasteiger partial charge in [-0.05, 0) is 49.4 Å². The van der Waals surface area contributed by atoms with Crippen molar-refractivity contribution >= 4 is 5.91 Å². The van der Waals surface area contributed by atoms with Crippen LogP contribution >= 0.6 is 0 Å². The molecule has 2 rings (SSSR count). The van der Waals surface area contributed by atoms with Crippen LogP contribution in [0.4, 0.5) is 4.39 Å². The minimum absolute atomic E-state index is 0.0720. The number of benzene rings is 2. The van der Waals surface area contributed by atoms with Gasteiger partial charge in [0.2, 0.25) is 5.91 Å². The first-order chi connectivity index (χ1) is 11.5. The molecule has 2 aromatic rings. The Balaban J connectivity index is 1.85. The number of ether oxygens (including phenoxy) is 1. The molecule has 1 unspecified atom stereocenters. The Bertz CT molecular complexity index is 673. The number of nitrogens with one attached hydrogen (secondary N) is 1. The van der Waals surface area contributed by atoms with Crippen LogP contribution in [0.15, 0.2) is 48.5 Å². The van der Waals surface area contributed by atoms with Crippen LogP contribution in [0, 0.1) is 5.82 Å². The van der Waals surface area contributed by atoms with Gasteiger partial charge in [0.15, 0.2) is 0 Å². The summed E-state index contributed by atoms with van der Waals surface area (Å²) >= 11 is 0. The van der Waals surface area contributed by atoms with Gasteiger partial charge in [0, 0.05) is 6.54 Å². The second kappa shape index (κ2) is 8.45. The molecule has 2 aromatic carbocycles. The SMILES string of the molecule is COc1cccc(CN(C)CC(=O)NC(C)c2ccc(F)cc2)c1. The zero-order chi connectivity index (χ0) is 17.5. The molecule has 1 atom stereocenters. The Morgan fingerprint density at radius 1 is 1.25 bits per heavy atom. The molecule has 24 heavy (non-hydrogen) atoms. The summed E-state index contributed by atoms with van der Waals surface area (Å²) < 4.78 is 18.1. The van der Waals surface area contributed by atoms with Gasteiger partial charge in [0.1, 0.15) is 11.6 Å². The van der Waals surface area contributed by atoms with Gasteiger partial charge in [-0.2, -0.15) is 0 Å². The van der Waals surface area contributed by atoms with Gasteiger partial charge >= 0.3 is 0 Å². The van der Waals surface area contributed by atoms with Gasteiger partial charge in [-0.25, -0.2) is 4.39 Å². The van der Waals surface area contributed by atoms with Crippen molar-refractivity contribution < 1.29 is 13.9 Å². The summed E-state index contributed by atoms with van der Waals surface area (Å²) in [6, 6.07) is 13.8. The Morgan fingerprint density at radius 3 is 2.62 bits per heavy atom. The predicted octanol–water partition coefficient (Wildman–Crippen LogP) is 3.14. The Labute approximate surface area is 142 Å². The van der Waals surface area contributed by atoms with Crippen molar-refractivity contribution in [2.45, 2.75) is 19.5 Å². The molecule has 0 spiro atoms. The largest absolute Gasteiger partial charge is 0.497 e. The highest BCUT2D eigenvalue weighted by Crippen LogP contribution is 2.14. The quantitative estimate of drug-likeness (QED) is 0.848. The molecule has 0 fully saturated rings. The highest BCUT2D eigenvalue weighted by molar-refractivity contribution is 5.78. The highest BCUT2D eigenvalue weighted by atomic mass is 19.1. The topological polar surface area (TPSA) is 41.6 Å². The fourth-order valence-corrected chi connectivity index (χ4v) is 2.51. The zero-order valence-electron chi connectivity index (χ0n) is 14.3. The molecule has 5 heteroatoms. The van der Waals surface area contributed by atoms with E-state index >= 15 is 0 Å². The van der Waals surface area contributed by atoms with Gasteiger partial charge in [-0.1, -0.05) is 24.3 Å². The van der Waals surface area contributed by atoms with E-state index in [1.165, 1.54) is 12.1 Å². The van der Waals surface area contributed by atoms with Crippen molar-refractivity contribution in [3.8, 4) is 5.75 Å². The lowest BCUT2D eigenvalue weighted by Gasteiger charge is -2.19. The van der Waals surface area contributed by atoms with Crippen LogP contribution in [-0.4, -0.2) is 31.5 Å². The number of carbonyl (C=O) groups excluding carboxylic acids is 1. The lowest BCUT2D eigenvalue weighted by molar-refractivity contribution is -0.122. The van der Waals surface area contributed by atoms with E-state index in [0.717, 1.165) is 16.9 Å². The second-order valence-electron chi connectivity index (χ2n) is 5.86. The Morgan fingerprint density at radius 2 is 1.96 bits per heavy atom. The van der Waals surface area contributed by atoms with Crippen molar-refractivity contribution in [1.82, 2.24) is 10.2 Å². The van der Waals surface area contributed by atoms with E-state index in [9.17, 15) is 9.18 Å². The van der Waals surface area contributed by atoms with Crippen LogP contribution < -0.4 is 10.1 Å². The van der Waals surface area contributed by atoms with E-state index in [4.69, 9.17) is 4.74 Å². The van der Waals surface area contributed by atoms with Crippen molar-refractivity contribution in [3.63, 3.8) is 0 Å². The first-order valence-corrected chi connectivity index (χ1v) is 7.84. The predicted molar refractivity (Wildman–Crippen MR) is 92.3 cm³/mol. The lowest BCUT2D eigenvalue weighted by Crippen LogP contribution is -2.36. The highest BCUT2D eigenvalue weighted by Gasteiger charge is 2.12. The molecule has 0 saturated carbocycles. The fourth-order valence-electron chi connectivity index (χ4n) is 2.51. The van der Waals surface area contributed by atoms with Gasteiger partial charge in [0.05, 0.1) is 19.7 Å². The van der Waals surface area contributed by atoms with Gasteiger partial charge < -0.3 is 10.1 Å². The monoisotopic (exact) mass is 330 g/mol. The van der Waals surface area contributed by atoms with Crippen LogP contribution in [0.3, 0.4) is 0 Å². The summed E-state index contributed by atoms with van der Waals surface area (Å²) in [7, 11) is 3.52. The number of nitrogens with zero attached hydrogens (tertiary/aromatic N) is 1. The molecule has 1 amide bonds. The molecule has 0 radical (unpaired) electrons. The van der Waals surface area contributed by atoms with E-state index in [-0.39, 0.29) is 24.3 Å². The Kier molecular flexibility index (Phi) is 6.32. The lowest BCUT2D eigenvalue weighted by atomic mass is 10.1. The molecule has 0 aromatic heterocycles. The molecule has 0 saturated heterocycles. The number of methoxy groups -OCH3 is 1. The standard InChI is InChI=1S/C19H23FN2O2/c1-14(16-7-9-17(20)10-8-16)21-19(23)13-22(2)12-15-5-4-6-18(11-15)24-3/h4-11,14H,12-13H2,1-3H3,(H,21,23). The van der Waals surface area contributed by atoms with Crippen molar-refractivity contribution in [3.05, 3.63) is 65.5 Å². The van der Waals surface area contributed by atoms with E-state index in [2.05, 4.69) is 5.32 Å². The van der Waals surface area contributed by atoms with Gasteiger partial charge in [-0.3, -0.25) is 9.69 Å². The summed E-state index contributed by atoms with van der Waals surface area (Å²) in [4.78, 5) is 14.1. The third-order valence-corrected chi connectivity index (χ3v) is 3.75. The third kappa shape index (κ3) is 5.35. The zero-order valence-corrected chi connectivity index (χ0v) is 14.3. The van der Waals surface area contributed by atoms with Crippen LogP contribution in [0.1, 0.15) is 24.1 Å². The van der Waals surface area contributed by atoms with E-state index < -0.39 is 0 Å². The maximum Gasteiger partial charge on any atom is 0.234 e. The molecule has 0 aliphatic carbocycles. The number of hydrogen-bond acceptors (Lipinski definition) is 3. The van der Waals surface area contributed by atoms with E-state index in [1.54, 1.807) is 19.2 Å². The number of likely N-dealkylation sites (N-methyl/N-ethyl adjacent to an activating group) is 1. The number of rotatable bonds is 7. The normalized spacial score (nSPS) is 12.0.